The molecule has 61 heavy (non-hydrogen) atoms. The van der Waals surface area contributed by atoms with Crippen molar-refractivity contribution in [3.8, 4) is 34.5 Å². The molecule has 0 radical (unpaired) electrons. The van der Waals surface area contributed by atoms with Crippen molar-refractivity contribution in [3.63, 3.8) is 0 Å². The molecule has 0 spiro atoms. The first-order valence-electron chi connectivity index (χ1n) is 21.5. The van der Waals surface area contributed by atoms with Gasteiger partial charge in [0.05, 0.1) is 0 Å². The molecule has 4 N–H and O–H groups in total. The van der Waals surface area contributed by atoms with Crippen molar-refractivity contribution in [1.82, 2.24) is 0 Å². The summed E-state index contributed by atoms with van der Waals surface area (Å²) in [6.07, 6.45) is 3.25. The zero-order chi connectivity index (χ0) is 44.2. The smallest absolute Gasteiger partial charge is 0.131 e. The summed E-state index contributed by atoms with van der Waals surface area (Å²) in [4.78, 5) is 0. The first kappa shape index (κ1) is 44.4. The van der Waals surface area contributed by atoms with Crippen molar-refractivity contribution in [3.05, 3.63) is 190 Å². The molecule has 0 aliphatic carbocycles. The standard InChI is InChI=1S/C56H62O5/c1-11-20-35(3)39-25-16-27-42(51(39)57)49(43-28-17-26-40(52(43)58)36(4)21-12-2)37-22-15-23-38(34-37)61-48-33-14-13-24-41(48)50(44-29-18-31-46(53(44)59)55(5,6)7)45-30-19-32-47(54(45)60)56(8,9)10/h13-19,22-34,49-50,57-60H,3-4,11-12,20-21H2,1-2,5-10H3. The second-order valence-electron chi connectivity index (χ2n) is 18.3. The third kappa shape index (κ3) is 9.27. The first-order chi connectivity index (χ1) is 29.0. The lowest BCUT2D eigenvalue weighted by Gasteiger charge is -2.29. The number of hydrogen-bond acceptors (Lipinski definition) is 5. The number of phenolic OH excluding ortho intramolecular Hbond substituents is 4. The maximum atomic E-state index is 12.1. The third-order valence-electron chi connectivity index (χ3n) is 11.6. The number of rotatable bonds is 14. The molecule has 6 rings (SSSR count). The lowest BCUT2D eigenvalue weighted by molar-refractivity contribution is 0.429. The van der Waals surface area contributed by atoms with Crippen LogP contribution in [0.5, 0.6) is 34.5 Å². The van der Waals surface area contributed by atoms with Gasteiger partial charge in [0.25, 0.3) is 0 Å². The van der Waals surface area contributed by atoms with E-state index < -0.39 is 11.8 Å². The van der Waals surface area contributed by atoms with Crippen LogP contribution in [0.4, 0.5) is 0 Å². The van der Waals surface area contributed by atoms with Crippen molar-refractivity contribution in [2.75, 3.05) is 0 Å². The summed E-state index contributed by atoms with van der Waals surface area (Å²) in [6.45, 7) is 25.2. The summed E-state index contributed by atoms with van der Waals surface area (Å²) < 4.78 is 6.90. The fraction of sp³-hybridized carbons (Fsp3) is 0.286. The molecule has 0 bridgehead atoms. The van der Waals surface area contributed by atoms with Crippen LogP contribution in [0.25, 0.3) is 11.1 Å². The molecule has 0 saturated carbocycles. The van der Waals surface area contributed by atoms with Gasteiger partial charge >= 0.3 is 0 Å². The van der Waals surface area contributed by atoms with E-state index in [1.165, 1.54) is 0 Å². The Kier molecular flexibility index (Phi) is 13.2. The molecule has 0 aliphatic heterocycles. The molecule has 0 amide bonds. The molecule has 0 fully saturated rings. The summed E-state index contributed by atoms with van der Waals surface area (Å²) in [5.41, 5.74) is 8.07. The van der Waals surface area contributed by atoms with Crippen molar-refractivity contribution in [2.24, 2.45) is 0 Å². The van der Waals surface area contributed by atoms with Crippen molar-refractivity contribution in [1.29, 1.82) is 0 Å². The quantitative estimate of drug-likeness (QED) is 0.0822. The summed E-state index contributed by atoms with van der Waals surface area (Å²) in [5.74, 6) is 0.470. The molecular formula is C56H62O5. The highest BCUT2D eigenvalue weighted by Gasteiger charge is 2.32. The van der Waals surface area contributed by atoms with Crippen LogP contribution >= 0.6 is 0 Å². The Bertz CT molecular complexity index is 2420. The number of aromatic hydroxyl groups is 4. The highest BCUT2D eigenvalue weighted by molar-refractivity contribution is 5.74. The predicted octanol–water partition coefficient (Wildman–Crippen LogP) is 14.9. The Labute approximate surface area is 363 Å². The molecular weight excluding hydrogens is 753 g/mol. The molecule has 0 aliphatic rings. The van der Waals surface area contributed by atoms with Gasteiger partial charge in [0.2, 0.25) is 0 Å². The summed E-state index contributed by atoms with van der Waals surface area (Å²) in [6, 6.07) is 38.6. The van der Waals surface area contributed by atoms with E-state index in [2.05, 4.69) is 68.5 Å². The van der Waals surface area contributed by atoms with Crippen molar-refractivity contribution >= 4 is 11.1 Å². The maximum Gasteiger partial charge on any atom is 0.131 e. The van der Waals surface area contributed by atoms with E-state index in [1.54, 1.807) is 0 Å². The largest absolute Gasteiger partial charge is 0.507 e. The van der Waals surface area contributed by atoms with Crippen LogP contribution in [-0.4, -0.2) is 20.4 Å². The van der Waals surface area contributed by atoms with Gasteiger partial charge in [0.15, 0.2) is 0 Å². The number of para-hydroxylation sites is 5. The zero-order valence-electron chi connectivity index (χ0n) is 37.1. The molecule has 0 heterocycles. The van der Waals surface area contributed by atoms with E-state index in [1.807, 2.05) is 121 Å². The fourth-order valence-electron chi connectivity index (χ4n) is 8.56. The minimum atomic E-state index is -0.608. The Hall–Kier alpha value is -6.20. The second kappa shape index (κ2) is 18.2. The second-order valence-corrected chi connectivity index (χ2v) is 18.3. The van der Waals surface area contributed by atoms with Crippen LogP contribution in [0, 0.1) is 0 Å². The molecule has 316 valence electrons. The highest BCUT2D eigenvalue weighted by Crippen LogP contribution is 2.50. The summed E-state index contributed by atoms with van der Waals surface area (Å²) >= 11 is 0. The molecule has 0 saturated heterocycles. The number of allylic oxidation sites excluding steroid dienone is 2. The average molecular weight is 815 g/mol. The number of phenols is 4. The highest BCUT2D eigenvalue weighted by atomic mass is 16.5. The normalized spacial score (nSPS) is 11.9. The van der Waals surface area contributed by atoms with E-state index in [9.17, 15) is 20.4 Å². The lowest BCUT2D eigenvalue weighted by Crippen LogP contribution is -2.15. The average Bonchev–Trinajstić information content (AvgIpc) is 3.20. The first-order valence-corrected chi connectivity index (χ1v) is 21.5. The van der Waals surface area contributed by atoms with Crippen LogP contribution in [0.3, 0.4) is 0 Å². The summed E-state index contributed by atoms with van der Waals surface area (Å²) in [7, 11) is 0. The molecule has 0 atom stereocenters. The van der Waals surface area contributed by atoms with Gasteiger partial charge in [0, 0.05) is 50.8 Å². The topological polar surface area (TPSA) is 90.2 Å². The van der Waals surface area contributed by atoms with E-state index in [4.69, 9.17) is 4.74 Å². The number of ether oxygens (including phenoxy) is 1. The van der Waals surface area contributed by atoms with Gasteiger partial charge in [0.1, 0.15) is 34.5 Å². The maximum absolute atomic E-state index is 12.1. The SMILES string of the molecule is C=C(CCC)c1cccc(C(c2cccc(Oc3ccccc3C(c3cccc(C(C)(C)C)c3O)c3cccc(C(C)(C)C)c3O)c2)c2cccc(C(=C)CCC)c2O)c1O. The van der Waals surface area contributed by atoms with Gasteiger partial charge in [-0.05, 0) is 69.7 Å². The monoisotopic (exact) mass is 814 g/mol. The van der Waals surface area contributed by atoms with Gasteiger partial charge in [-0.3, -0.25) is 0 Å². The van der Waals surface area contributed by atoms with Gasteiger partial charge in [-0.15, -0.1) is 0 Å². The molecule has 0 aromatic heterocycles. The van der Waals surface area contributed by atoms with Crippen molar-refractivity contribution < 1.29 is 25.2 Å². The van der Waals surface area contributed by atoms with E-state index in [0.29, 0.717) is 44.9 Å². The zero-order valence-corrected chi connectivity index (χ0v) is 37.1. The lowest BCUT2D eigenvalue weighted by atomic mass is 9.77. The summed E-state index contributed by atoms with van der Waals surface area (Å²) in [5, 5.41) is 48.1. The van der Waals surface area contributed by atoms with Crippen LogP contribution in [-0.2, 0) is 10.8 Å². The van der Waals surface area contributed by atoms with E-state index in [0.717, 1.165) is 59.1 Å². The number of hydrogen-bond donors (Lipinski definition) is 4. The Morgan fingerprint density at radius 3 is 1.36 bits per heavy atom. The van der Waals surface area contributed by atoms with E-state index in [-0.39, 0.29) is 33.8 Å². The predicted molar refractivity (Wildman–Crippen MR) is 253 cm³/mol. The Morgan fingerprint density at radius 1 is 0.492 bits per heavy atom. The molecule has 5 heteroatoms. The molecule has 0 unspecified atom stereocenters. The van der Waals surface area contributed by atoms with E-state index >= 15 is 0 Å². The van der Waals surface area contributed by atoms with Crippen LogP contribution in [0.2, 0.25) is 0 Å². The molecule has 6 aromatic rings. The third-order valence-corrected chi connectivity index (χ3v) is 11.6. The molecule has 5 nitrogen and oxygen atoms in total. The van der Waals surface area contributed by atoms with Crippen LogP contribution < -0.4 is 4.74 Å². The van der Waals surface area contributed by atoms with Gasteiger partial charge in [-0.25, -0.2) is 0 Å². The molecule has 6 aromatic carbocycles. The van der Waals surface area contributed by atoms with Gasteiger partial charge in [-0.1, -0.05) is 185 Å². The van der Waals surface area contributed by atoms with Gasteiger partial charge in [-0.2, -0.15) is 0 Å². The minimum Gasteiger partial charge on any atom is -0.507 e. The minimum absolute atomic E-state index is 0.122. The Balaban J connectivity index is 1.54. The van der Waals surface area contributed by atoms with Gasteiger partial charge < -0.3 is 25.2 Å². The Morgan fingerprint density at radius 2 is 0.902 bits per heavy atom. The van der Waals surface area contributed by atoms with Crippen LogP contribution in [0.1, 0.15) is 149 Å². The van der Waals surface area contributed by atoms with Crippen molar-refractivity contribution in [2.45, 2.75) is 104 Å². The fourth-order valence-corrected chi connectivity index (χ4v) is 8.56. The number of benzene rings is 6. The van der Waals surface area contributed by atoms with Crippen LogP contribution in [0.15, 0.2) is 134 Å².